The number of aromatic nitrogens is 5. The van der Waals surface area contributed by atoms with Crippen molar-refractivity contribution >= 4 is 16.7 Å². The molecule has 6 nitrogen and oxygen atoms in total. The minimum absolute atomic E-state index is 1.04. The van der Waals surface area contributed by atoms with E-state index in [2.05, 4.69) is 44.3 Å². The fraction of sp³-hybridized carbons (Fsp3) is 0.286. The van der Waals surface area contributed by atoms with E-state index in [4.69, 9.17) is 0 Å². The zero-order valence-electron chi connectivity index (χ0n) is 15.4. The van der Waals surface area contributed by atoms with E-state index in [0.717, 1.165) is 46.6 Å². The summed E-state index contributed by atoms with van der Waals surface area (Å²) in [6, 6.07) is 10.6. The van der Waals surface area contributed by atoms with Gasteiger partial charge in [-0.1, -0.05) is 12.1 Å². The molecule has 1 aliphatic heterocycles. The van der Waals surface area contributed by atoms with E-state index >= 15 is 0 Å². The van der Waals surface area contributed by atoms with Gasteiger partial charge in [0.25, 0.3) is 0 Å². The predicted molar refractivity (Wildman–Crippen MR) is 107 cm³/mol. The Balaban J connectivity index is 1.56. The van der Waals surface area contributed by atoms with Crippen molar-refractivity contribution in [2.75, 3.05) is 18.0 Å². The summed E-state index contributed by atoms with van der Waals surface area (Å²) < 4.78 is 3.83. The lowest BCUT2D eigenvalue weighted by Gasteiger charge is -2.27. The van der Waals surface area contributed by atoms with Gasteiger partial charge >= 0.3 is 0 Å². The average molecular weight is 358 g/mol. The van der Waals surface area contributed by atoms with Crippen LogP contribution in [0.15, 0.2) is 55.1 Å². The van der Waals surface area contributed by atoms with Crippen LogP contribution in [0.2, 0.25) is 0 Å². The Morgan fingerprint density at radius 1 is 0.889 bits per heavy atom. The number of pyridine rings is 1. The van der Waals surface area contributed by atoms with Gasteiger partial charge in [-0.15, -0.1) is 0 Å². The first-order chi connectivity index (χ1) is 13.3. The molecule has 0 amide bonds. The molecule has 1 fully saturated rings. The Hall–Kier alpha value is -3.15. The topological polar surface area (TPSA) is 51.8 Å². The van der Waals surface area contributed by atoms with Crippen molar-refractivity contribution in [3.05, 3.63) is 55.1 Å². The molecule has 0 unspecified atom stereocenters. The molecule has 136 valence electrons. The second kappa shape index (κ2) is 6.54. The molecule has 4 aromatic rings. The van der Waals surface area contributed by atoms with Crippen molar-refractivity contribution in [1.29, 1.82) is 0 Å². The molecule has 27 heavy (non-hydrogen) atoms. The van der Waals surface area contributed by atoms with E-state index in [9.17, 15) is 0 Å². The molecule has 1 aromatic carbocycles. The minimum Gasteiger partial charge on any atom is -0.357 e. The quantitative estimate of drug-likeness (QED) is 0.559. The average Bonchev–Trinajstić information content (AvgIpc) is 3.34. The van der Waals surface area contributed by atoms with Crippen LogP contribution < -0.4 is 4.90 Å². The molecule has 0 aliphatic carbocycles. The summed E-state index contributed by atoms with van der Waals surface area (Å²) in [6.45, 7) is 2.17. The molecule has 0 N–H and O–H groups in total. The highest BCUT2D eigenvalue weighted by molar-refractivity contribution is 5.85. The molecule has 0 bridgehead atoms. The van der Waals surface area contributed by atoms with E-state index in [-0.39, 0.29) is 0 Å². The van der Waals surface area contributed by atoms with Gasteiger partial charge in [-0.2, -0.15) is 10.2 Å². The third-order valence-corrected chi connectivity index (χ3v) is 5.26. The van der Waals surface area contributed by atoms with Crippen LogP contribution in [0.5, 0.6) is 0 Å². The molecule has 0 radical (unpaired) electrons. The van der Waals surface area contributed by atoms with Gasteiger partial charge in [0, 0.05) is 49.5 Å². The molecular weight excluding hydrogens is 336 g/mol. The summed E-state index contributed by atoms with van der Waals surface area (Å²) in [7, 11) is 1.94. The Morgan fingerprint density at radius 2 is 1.78 bits per heavy atom. The van der Waals surface area contributed by atoms with E-state index in [0.29, 0.717) is 0 Å². The van der Waals surface area contributed by atoms with Crippen molar-refractivity contribution in [3.8, 4) is 16.8 Å². The smallest absolute Gasteiger partial charge is 0.130 e. The van der Waals surface area contributed by atoms with Crippen LogP contribution >= 0.6 is 0 Å². The largest absolute Gasteiger partial charge is 0.357 e. The number of benzene rings is 1. The maximum absolute atomic E-state index is 4.64. The first-order valence-electron chi connectivity index (χ1n) is 9.46. The number of rotatable bonds is 3. The van der Waals surface area contributed by atoms with Crippen molar-refractivity contribution in [2.45, 2.75) is 19.3 Å². The van der Waals surface area contributed by atoms with E-state index in [1.54, 1.807) is 0 Å². The number of anilines is 1. The molecule has 5 rings (SSSR count). The molecule has 4 heterocycles. The highest BCUT2D eigenvalue weighted by Crippen LogP contribution is 2.27. The van der Waals surface area contributed by atoms with E-state index < -0.39 is 0 Å². The van der Waals surface area contributed by atoms with Crippen LogP contribution in [0.3, 0.4) is 0 Å². The molecule has 6 heteroatoms. The van der Waals surface area contributed by atoms with Gasteiger partial charge in [-0.3, -0.25) is 4.68 Å². The number of hydrogen-bond donors (Lipinski definition) is 0. The second-order valence-corrected chi connectivity index (χ2v) is 7.15. The fourth-order valence-electron chi connectivity index (χ4n) is 3.81. The monoisotopic (exact) mass is 358 g/mol. The van der Waals surface area contributed by atoms with Gasteiger partial charge in [0.2, 0.25) is 0 Å². The summed E-state index contributed by atoms with van der Waals surface area (Å²) in [4.78, 5) is 6.97. The molecular formula is C21H22N6. The van der Waals surface area contributed by atoms with Gasteiger partial charge in [0.1, 0.15) is 5.82 Å². The maximum atomic E-state index is 4.64. The lowest BCUT2D eigenvalue weighted by atomic mass is 10.1. The van der Waals surface area contributed by atoms with Crippen molar-refractivity contribution < 1.29 is 0 Å². The van der Waals surface area contributed by atoms with Gasteiger partial charge in [0.15, 0.2) is 0 Å². The Morgan fingerprint density at radius 3 is 2.59 bits per heavy atom. The number of fused-ring (bicyclic) bond motifs is 1. The van der Waals surface area contributed by atoms with Gasteiger partial charge in [-0.25, -0.2) is 9.67 Å². The lowest BCUT2D eigenvalue weighted by Crippen LogP contribution is -2.30. The van der Waals surface area contributed by atoms with Crippen molar-refractivity contribution in [2.24, 2.45) is 7.05 Å². The number of hydrogen-bond acceptors (Lipinski definition) is 4. The van der Waals surface area contributed by atoms with E-state index in [1.165, 1.54) is 19.3 Å². The van der Waals surface area contributed by atoms with Crippen LogP contribution in [0.1, 0.15) is 19.3 Å². The van der Waals surface area contributed by atoms with Gasteiger partial charge in [-0.05, 0) is 37.0 Å². The third-order valence-electron chi connectivity index (χ3n) is 5.26. The highest BCUT2D eigenvalue weighted by Gasteiger charge is 2.14. The predicted octanol–water partition coefficient (Wildman–Crippen LogP) is 3.81. The van der Waals surface area contributed by atoms with Crippen LogP contribution in [-0.2, 0) is 7.05 Å². The van der Waals surface area contributed by atoms with Crippen molar-refractivity contribution in [3.63, 3.8) is 0 Å². The SMILES string of the molecule is Cn1cc(-c2ccc3cnn(-c4ccnc(N5CCCCC5)c4)c3c2)cn1. The first-order valence-corrected chi connectivity index (χ1v) is 9.46. The summed E-state index contributed by atoms with van der Waals surface area (Å²) in [5.74, 6) is 1.04. The normalized spacial score (nSPS) is 14.8. The molecule has 0 saturated carbocycles. The third kappa shape index (κ3) is 2.97. The number of nitrogens with zero attached hydrogens (tertiary/aromatic N) is 6. The highest BCUT2D eigenvalue weighted by atomic mass is 15.3. The summed E-state index contributed by atoms with van der Waals surface area (Å²) in [5, 5.41) is 10.1. The molecule has 0 spiro atoms. The van der Waals surface area contributed by atoms with Crippen molar-refractivity contribution in [1.82, 2.24) is 24.5 Å². The number of piperidine rings is 1. The fourth-order valence-corrected chi connectivity index (χ4v) is 3.81. The molecule has 3 aromatic heterocycles. The Kier molecular flexibility index (Phi) is 3.89. The summed E-state index contributed by atoms with van der Waals surface area (Å²) >= 11 is 0. The lowest BCUT2D eigenvalue weighted by molar-refractivity contribution is 0.573. The summed E-state index contributed by atoms with van der Waals surface area (Å²) in [6.07, 6.45) is 11.5. The number of aryl methyl sites for hydroxylation is 1. The standard InChI is InChI=1S/C21H22N6/c1-25-15-18(14-23-25)16-5-6-17-13-24-27(20(17)11-16)19-7-8-22-21(12-19)26-9-3-2-4-10-26/h5-8,11-15H,2-4,9-10H2,1H3. The zero-order chi connectivity index (χ0) is 18.2. The van der Waals surface area contributed by atoms with Crippen LogP contribution in [0, 0.1) is 0 Å². The molecule has 1 saturated heterocycles. The van der Waals surface area contributed by atoms with E-state index in [1.807, 2.05) is 47.3 Å². The van der Waals surface area contributed by atoms with Crippen LogP contribution in [0.25, 0.3) is 27.7 Å². The van der Waals surface area contributed by atoms with Crippen LogP contribution in [0.4, 0.5) is 5.82 Å². The maximum Gasteiger partial charge on any atom is 0.130 e. The van der Waals surface area contributed by atoms with Gasteiger partial charge < -0.3 is 4.90 Å². The summed E-state index contributed by atoms with van der Waals surface area (Å²) in [5.41, 5.74) is 4.38. The molecule has 0 atom stereocenters. The zero-order valence-corrected chi connectivity index (χ0v) is 15.4. The molecule has 1 aliphatic rings. The second-order valence-electron chi connectivity index (χ2n) is 7.15. The van der Waals surface area contributed by atoms with Gasteiger partial charge in [0.05, 0.1) is 23.6 Å². The minimum atomic E-state index is 1.04. The Bertz CT molecular complexity index is 1090. The first kappa shape index (κ1) is 16.1. The van der Waals surface area contributed by atoms with Crippen LogP contribution in [-0.4, -0.2) is 37.6 Å². The Labute approximate surface area is 158 Å².